The Morgan fingerprint density at radius 1 is 0.636 bits per heavy atom. The monoisotopic (exact) mass is 436 g/mol. The molecule has 0 spiro atoms. The molecule has 1 aromatic heterocycles. The minimum Gasteiger partial charge on any atom is -0.309 e. The molecule has 0 aliphatic rings. The molecular formula is C32H33N. The molecule has 5 rings (SSSR count). The summed E-state index contributed by atoms with van der Waals surface area (Å²) in [5.74, 6) is 0. The summed E-state index contributed by atoms with van der Waals surface area (Å²) >= 11 is 0. The van der Waals surface area contributed by atoms with Crippen molar-refractivity contribution in [2.24, 2.45) is 0 Å². The number of hydrogen-bond acceptors (Lipinski definition) is 0. The van der Waals surface area contributed by atoms with Crippen LogP contribution in [0.2, 0.25) is 0 Å². The van der Waals surface area contributed by atoms with Crippen molar-refractivity contribution in [2.45, 2.75) is 52.4 Å². The van der Waals surface area contributed by atoms with Crippen molar-refractivity contribution in [1.82, 2.24) is 4.57 Å². The number of hydrogen-bond donors (Lipinski definition) is 0. The average Bonchev–Trinajstić information content (AvgIpc) is 3.20. The summed E-state index contributed by atoms with van der Waals surface area (Å²) in [4.78, 5) is 0. The van der Waals surface area contributed by atoms with E-state index in [9.17, 15) is 0 Å². The van der Waals surface area contributed by atoms with Gasteiger partial charge in [-0.15, -0.1) is 0 Å². The minimum absolute atomic E-state index is 0.121. The normalized spacial score (nSPS) is 14.7. The summed E-state index contributed by atoms with van der Waals surface area (Å²) in [5.41, 5.74) is 5.96. The van der Waals surface area contributed by atoms with Gasteiger partial charge in [-0.05, 0) is 57.3 Å². The van der Waals surface area contributed by atoms with Crippen LogP contribution in [0.25, 0.3) is 38.6 Å². The van der Waals surface area contributed by atoms with Gasteiger partial charge in [0.05, 0.1) is 17.9 Å². The molecule has 1 heteroatoms. The Morgan fingerprint density at radius 3 is 1.94 bits per heavy atom. The highest BCUT2D eigenvalue weighted by Crippen LogP contribution is 2.46. The predicted octanol–water partition coefficient (Wildman–Crippen LogP) is 9.05. The largest absolute Gasteiger partial charge is 0.309 e. The lowest BCUT2D eigenvalue weighted by molar-refractivity contribution is 0.535. The first-order valence-corrected chi connectivity index (χ1v) is 11.5. The molecule has 1 nitrogen and oxygen atoms in total. The van der Waals surface area contributed by atoms with Crippen molar-refractivity contribution in [3.63, 3.8) is 0 Å². The van der Waals surface area contributed by atoms with E-state index in [0.29, 0.717) is 5.56 Å². The topological polar surface area (TPSA) is 4.93 Å². The Bertz CT molecular complexity index is 1690. The molecule has 0 fully saturated rings. The summed E-state index contributed by atoms with van der Waals surface area (Å²) in [6, 6.07) is 19.0. The highest BCUT2D eigenvalue weighted by atomic mass is 15.0. The van der Waals surface area contributed by atoms with E-state index in [4.69, 9.17) is 6.85 Å². The van der Waals surface area contributed by atoms with Crippen LogP contribution in [0.4, 0.5) is 0 Å². The third-order valence-corrected chi connectivity index (χ3v) is 6.30. The molecule has 1 heterocycles. The molecule has 0 saturated carbocycles. The van der Waals surface area contributed by atoms with E-state index in [1.165, 1.54) is 11.1 Å². The SMILES string of the molecule is [2H]c1c([2H])c([2H])c(-c2cccc3c2c2c(C(C)(C)C)c(C(C)(C)C)ccc2n3-c2ccccc2)c([2H])c1[2H]. The molecule has 0 aliphatic heterocycles. The molecule has 166 valence electrons. The molecule has 0 saturated heterocycles. The van der Waals surface area contributed by atoms with E-state index in [0.717, 1.165) is 27.5 Å². The summed E-state index contributed by atoms with van der Waals surface area (Å²) < 4.78 is 44.6. The van der Waals surface area contributed by atoms with Crippen molar-refractivity contribution in [3.05, 3.63) is 102 Å². The summed E-state index contributed by atoms with van der Waals surface area (Å²) in [5, 5.41) is 1.96. The Hall–Kier alpha value is -3.32. The predicted molar refractivity (Wildman–Crippen MR) is 144 cm³/mol. The van der Waals surface area contributed by atoms with Crippen LogP contribution in [0, 0.1) is 0 Å². The highest BCUT2D eigenvalue weighted by Gasteiger charge is 2.30. The van der Waals surface area contributed by atoms with Crippen molar-refractivity contribution < 1.29 is 6.85 Å². The van der Waals surface area contributed by atoms with E-state index in [1.54, 1.807) is 0 Å². The first-order valence-electron chi connectivity index (χ1n) is 14.0. The standard InChI is InChI=1S/C32H33N/c1-31(2,3)25-20-21-27-29(30(25)32(4,5)6)28-24(22-14-9-7-10-15-22)18-13-19-26(28)33(27)23-16-11-8-12-17-23/h7-21H,1-6H3/i7D,9D,10D,14D,15D. The average molecular weight is 437 g/mol. The Kier molecular flexibility index (Phi) is 3.77. The fourth-order valence-corrected chi connectivity index (χ4v) is 5.00. The quantitative estimate of drug-likeness (QED) is 0.260. The van der Waals surface area contributed by atoms with Gasteiger partial charge >= 0.3 is 0 Å². The second-order valence-electron chi connectivity index (χ2n) is 10.8. The second kappa shape index (κ2) is 7.63. The lowest BCUT2D eigenvalue weighted by Crippen LogP contribution is -2.22. The Balaban J connectivity index is 2.11. The molecule has 0 unspecified atom stereocenters. The molecule has 0 atom stereocenters. The lowest BCUT2D eigenvalue weighted by atomic mass is 9.73. The fourth-order valence-electron chi connectivity index (χ4n) is 5.00. The van der Waals surface area contributed by atoms with Gasteiger partial charge in [-0.2, -0.15) is 0 Å². The number of benzene rings is 4. The summed E-state index contributed by atoms with van der Waals surface area (Å²) in [6.45, 7) is 13.3. The zero-order valence-electron chi connectivity index (χ0n) is 25.2. The summed E-state index contributed by atoms with van der Waals surface area (Å²) in [6.07, 6.45) is 0. The van der Waals surface area contributed by atoms with Gasteiger partial charge in [-0.1, -0.05) is 108 Å². The number of aromatic nitrogens is 1. The van der Waals surface area contributed by atoms with Gasteiger partial charge in [0.1, 0.15) is 0 Å². The van der Waals surface area contributed by atoms with Crippen LogP contribution in [-0.2, 0) is 10.8 Å². The van der Waals surface area contributed by atoms with Gasteiger partial charge < -0.3 is 4.57 Å². The van der Waals surface area contributed by atoms with Gasteiger partial charge in [0.2, 0.25) is 0 Å². The molecule has 5 aromatic rings. The maximum atomic E-state index is 8.77. The molecular weight excluding hydrogens is 398 g/mol. The molecule has 0 N–H and O–H groups in total. The Labute approximate surface area is 204 Å². The second-order valence-corrected chi connectivity index (χ2v) is 10.8. The van der Waals surface area contributed by atoms with Crippen molar-refractivity contribution >= 4 is 21.8 Å². The van der Waals surface area contributed by atoms with Crippen LogP contribution in [-0.4, -0.2) is 4.57 Å². The van der Waals surface area contributed by atoms with Crippen molar-refractivity contribution in [2.75, 3.05) is 0 Å². The third kappa shape index (κ3) is 3.56. The van der Waals surface area contributed by atoms with Gasteiger partial charge in [0.25, 0.3) is 0 Å². The molecule has 0 amide bonds. The van der Waals surface area contributed by atoms with E-state index in [-0.39, 0.29) is 46.6 Å². The van der Waals surface area contributed by atoms with Crippen LogP contribution in [0.15, 0.2) is 90.9 Å². The maximum Gasteiger partial charge on any atom is 0.0629 e. The zero-order chi connectivity index (χ0) is 27.7. The minimum atomic E-state index is -0.381. The van der Waals surface area contributed by atoms with Crippen LogP contribution in [0.3, 0.4) is 0 Å². The van der Waals surface area contributed by atoms with Crippen LogP contribution < -0.4 is 0 Å². The van der Waals surface area contributed by atoms with Crippen LogP contribution in [0.1, 0.15) is 59.5 Å². The molecule has 0 aliphatic carbocycles. The van der Waals surface area contributed by atoms with Crippen molar-refractivity contribution in [1.29, 1.82) is 0 Å². The highest BCUT2D eigenvalue weighted by molar-refractivity contribution is 6.17. The fraction of sp³-hybridized carbons (Fsp3) is 0.250. The van der Waals surface area contributed by atoms with Gasteiger partial charge in [-0.3, -0.25) is 0 Å². The summed E-state index contributed by atoms with van der Waals surface area (Å²) in [7, 11) is 0. The van der Waals surface area contributed by atoms with E-state index < -0.39 is 0 Å². The number of nitrogens with zero attached hydrogens (tertiary/aromatic N) is 1. The van der Waals surface area contributed by atoms with Gasteiger partial charge in [0.15, 0.2) is 0 Å². The number of para-hydroxylation sites is 1. The van der Waals surface area contributed by atoms with Crippen LogP contribution in [0.5, 0.6) is 0 Å². The molecule has 33 heavy (non-hydrogen) atoms. The van der Waals surface area contributed by atoms with Crippen molar-refractivity contribution in [3.8, 4) is 16.8 Å². The van der Waals surface area contributed by atoms with E-state index in [2.05, 4.69) is 76.4 Å². The lowest BCUT2D eigenvalue weighted by Gasteiger charge is -2.31. The maximum absolute atomic E-state index is 8.77. The molecule has 0 bridgehead atoms. The van der Waals surface area contributed by atoms with E-state index in [1.807, 2.05) is 30.3 Å². The van der Waals surface area contributed by atoms with Gasteiger partial charge in [-0.25, -0.2) is 0 Å². The van der Waals surface area contributed by atoms with Gasteiger partial charge in [0, 0.05) is 16.5 Å². The van der Waals surface area contributed by atoms with E-state index >= 15 is 0 Å². The first-order chi connectivity index (χ1) is 17.7. The third-order valence-electron chi connectivity index (χ3n) is 6.30. The smallest absolute Gasteiger partial charge is 0.0629 e. The van der Waals surface area contributed by atoms with Crippen LogP contribution >= 0.6 is 0 Å². The Morgan fingerprint density at radius 2 is 1.30 bits per heavy atom. The molecule has 0 radical (unpaired) electrons. The molecule has 4 aromatic carbocycles. The zero-order valence-corrected chi connectivity index (χ0v) is 20.2. The number of fused-ring (bicyclic) bond motifs is 3. The first kappa shape index (κ1) is 16.3. The number of rotatable bonds is 2.